The minimum absolute atomic E-state index is 0.116. The van der Waals surface area contributed by atoms with Crippen molar-refractivity contribution in [3.63, 3.8) is 0 Å². The van der Waals surface area contributed by atoms with E-state index in [2.05, 4.69) is 52.1 Å². The van der Waals surface area contributed by atoms with Crippen LogP contribution in [-0.4, -0.2) is 145 Å². The molecule has 0 saturated carbocycles. The minimum atomic E-state index is -0.812. The summed E-state index contributed by atoms with van der Waals surface area (Å²) in [6, 6.07) is 17.9. The number of aromatic nitrogens is 5. The maximum absolute atomic E-state index is 13.1. The van der Waals surface area contributed by atoms with Crippen LogP contribution in [0.25, 0.3) is 11.5 Å². The van der Waals surface area contributed by atoms with Gasteiger partial charge >= 0.3 is 6.03 Å². The largest absolute Gasteiger partial charge is 0.496 e. The maximum Gasteiger partial charge on any atom is 0.319 e. The van der Waals surface area contributed by atoms with Gasteiger partial charge in [-0.3, -0.25) is 19.2 Å². The highest BCUT2D eigenvalue weighted by Gasteiger charge is 2.37. The molecule has 3 heterocycles. The molecule has 1 aliphatic rings. The smallest absolute Gasteiger partial charge is 0.319 e. The van der Waals surface area contributed by atoms with Crippen molar-refractivity contribution in [3.8, 4) is 23.0 Å². The zero-order valence-corrected chi connectivity index (χ0v) is 40.4. The molecule has 6 amide bonds. The van der Waals surface area contributed by atoms with E-state index in [9.17, 15) is 28.8 Å². The van der Waals surface area contributed by atoms with Crippen LogP contribution in [0.5, 0.6) is 11.5 Å². The molecule has 0 aliphatic carbocycles. The van der Waals surface area contributed by atoms with Gasteiger partial charge in [-0.25, -0.2) is 14.8 Å². The fourth-order valence-electron chi connectivity index (χ4n) is 7.45. The molecule has 23 nitrogen and oxygen atoms in total. The van der Waals surface area contributed by atoms with E-state index < -0.39 is 12.1 Å². The normalized spacial score (nSPS) is 12.1. The third-order valence-electron chi connectivity index (χ3n) is 11.2. The summed E-state index contributed by atoms with van der Waals surface area (Å²) in [5.41, 5.74) is 4.05. The Labute approximate surface area is 416 Å². The zero-order chi connectivity index (χ0) is 51.1. The van der Waals surface area contributed by atoms with Gasteiger partial charge in [0.15, 0.2) is 11.6 Å². The number of anilines is 2. The molecule has 0 fully saturated rings. The summed E-state index contributed by atoms with van der Waals surface area (Å²) in [5.74, 6) is 1.23. The summed E-state index contributed by atoms with van der Waals surface area (Å²) in [4.78, 5) is 84.2. The fraction of sp³-hybridized carbons (Fsp3) is 0.388. The summed E-state index contributed by atoms with van der Waals surface area (Å²) in [6.45, 7) is 3.08. The molecule has 5 aromatic rings. The van der Waals surface area contributed by atoms with Crippen LogP contribution in [0.4, 0.5) is 16.2 Å². The van der Waals surface area contributed by atoms with E-state index in [4.69, 9.17) is 23.7 Å². The Kier molecular flexibility index (Phi) is 20.7. The lowest BCUT2D eigenvalue weighted by Gasteiger charge is -2.25. The number of hydrogen-bond donors (Lipinski definition) is 6. The highest BCUT2D eigenvalue weighted by atomic mass is 16.5. The predicted molar refractivity (Wildman–Crippen MR) is 262 cm³/mol. The molecule has 23 heteroatoms. The molecule has 0 spiro atoms. The summed E-state index contributed by atoms with van der Waals surface area (Å²) >= 11 is 0. The summed E-state index contributed by atoms with van der Waals surface area (Å²) in [6.07, 6.45) is 4.29. The second kappa shape index (κ2) is 28.0. The molecule has 1 atom stereocenters. The number of carbonyl (C=O) groups is 6. The molecule has 1 unspecified atom stereocenters. The molecular formula is C49H60N12O11. The third-order valence-corrected chi connectivity index (χ3v) is 11.2. The van der Waals surface area contributed by atoms with Crippen LogP contribution in [0, 0.1) is 0 Å². The second-order valence-electron chi connectivity index (χ2n) is 16.0. The number of urea groups is 1. The molecule has 6 rings (SSSR count). The van der Waals surface area contributed by atoms with Crippen LogP contribution in [0.3, 0.4) is 0 Å². The van der Waals surface area contributed by atoms with Crippen LogP contribution in [-0.2, 0) is 55.3 Å². The summed E-state index contributed by atoms with van der Waals surface area (Å²) in [5, 5.41) is 25.6. The average Bonchev–Trinajstić information content (AvgIpc) is 3.95. The number of methoxy groups -OCH3 is 1. The number of benzene rings is 3. The molecule has 0 bridgehead atoms. The molecule has 72 heavy (non-hydrogen) atoms. The molecule has 0 saturated heterocycles. The maximum atomic E-state index is 13.1. The standard InChI is InChI=1S/C49H60N12O11/c1-50-47(65)41(11-6-19-62)61-31-38-37(48(61)66)9-5-10-39(38)57-49(67)53-17-21-70-24-26-71-25-23-69-20-15-44(63)52-18-22-72-36-13-12-34(42(28-36)68-3)29-55-46(64)33-7-4-8-35(27-33)54-30-43-58-59-45(60(43)2)40-14-16-51-32-56-40/h4-5,7-10,12-14,16,19,27-28,32,41,54H,6,11,15,17-18,20-26,29-31H2,1-3H3,(H,50,65)(H,52,63)(H,55,64)(H2,53,57,67). The Morgan fingerprint density at radius 3 is 2.39 bits per heavy atom. The van der Waals surface area contributed by atoms with Crippen molar-refractivity contribution < 1.29 is 52.5 Å². The van der Waals surface area contributed by atoms with E-state index in [1.165, 1.54) is 25.4 Å². The van der Waals surface area contributed by atoms with E-state index >= 15 is 0 Å². The van der Waals surface area contributed by atoms with Crippen molar-refractivity contribution in [3.05, 3.63) is 107 Å². The number of nitrogens with one attached hydrogen (secondary N) is 6. The quantitative estimate of drug-likeness (QED) is 0.0285. The van der Waals surface area contributed by atoms with Crippen molar-refractivity contribution in [2.75, 3.05) is 84.1 Å². The van der Waals surface area contributed by atoms with Gasteiger partial charge in [-0.2, -0.15) is 0 Å². The molecule has 6 N–H and O–H groups in total. The van der Waals surface area contributed by atoms with Gasteiger partial charge in [0.25, 0.3) is 11.8 Å². The van der Waals surface area contributed by atoms with Gasteiger partial charge in [-0.15, -0.1) is 10.2 Å². The van der Waals surface area contributed by atoms with E-state index in [0.717, 1.165) is 11.3 Å². The number of rotatable bonds is 30. The van der Waals surface area contributed by atoms with Crippen molar-refractivity contribution in [2.45, 2.75) is 44.9 Å². The monoisotopic (exact) mass is 992 g/mol. The van der Waals surface area contributed by atoms with Crippen molar-refractivity contribution >= 4 is 47.3 Å². The number of ether oxygens (including phenoxy) is 5. The molecule has 1 aliphatic heterocycles. The van der Waals surface area contributed by atoms with Crippen molar-refractivity contribution in [1.29, 1.82) is 0 Å². The Hall–Kier alpha value is -8.02. The first kappa shape index (κ1) is 53.3. The first-order valence-corrected chi connectivity index (χ1v) is 23.3. The van der Waals surface area contributed by atoms with Crippen LogP contribution in [0.2, 0.25) is 0 Å². The van der Waals surface area contributed by atoms with Crippen LogP contribution in [0.15, 0.2) is 79.3 Å². The van der Waals surface area contributed by atoms with Gasteiger partial charge in [0.05, 0.1) is 59.8 Å². The minimum Gasteiger partial charge on any atom is -0.496 e. The summed E-state index contributed by atoms with van der Waals surface area (Å²) < 4.78 is 29.8. The highest BCUT2D eigenvalue weighted by molar-refractivity contribution is 6.04. The van der Waals surface area contributed by atoms with Gasteiger partial charge < -0.3 is 69.8 Å². The SMILES string of the molecule is CNC(=O)C(CCC=O)N1Cc2c(NC(=O)NCCOCCOCCOCCC(=O)NCCOc3ccc(CNC(=O)c4cccc(NCc5nnc(-c6ccncn6)n5C)c4)c(OC)c3)cccc2C1=O. The first-order valence-electron chi connectivity index (χ1n) is 23.3. The zero-order valence-electron chi connectivity index (χ0n) is 40.4. The number of nitrogens with zero attached hydrogens (tertiary/aromatic N) is 6. The number of hydrogen-bond acceptors (Lipinski definition) is 16. The number of fused-ring (bicyclic) bond motifs is 1. The number of carbonyl (C=O) groups excluding carboxylic acids is 6. The van der Waals surface area contributed by atoms with Crippen molar-refractivity contribution in [1.82, 2.24) is 50.9 Å². The van der Waals surface area contributed by atoms with Crippen LogP contribution < -0.4 is 41.4 Å². The highest BCUT2D eigenvalue weighted by Crippen LogP contribution is 2.32. The molecule has 0 radical (unpaired) electrons. The van der Waals surface area contributed by atoms with Crippen LogP contribution in [0.1, 0.15) is 56.9 Å². The lowest BCUT2D eigenvalue weighted by Crippen LogP contribution is -2.46. The lowest BCUT2D eigenvalue weighted by molar-refractivity contribution is -0.125. The molecule has 382 valence electrons. The molecule has 2 aromatic heterocycles. The second-order valence-corrected chi connectivity index (χ2v) is 16.0. The lowest BCUT2D eigenvalue weighted by atomic mass is 10.1. The van der Waals surface area contributed by atoms with Gasteiger partial charge in [0.1, 0.15) is 42.5 Å². The Balaban J connectivity index is 0.769. The Bertz CT molecular complexity index is 2620. The Morgan fingerprint density at radius 1 is 0.847 bits per heavy atom. The average molecular weight is 993 g/mol. The molecular weight excluding hydrogens is 933 g/mol. The van der Waals surface area contributed by atoms with Gasteiger partial charge in [-0.1, -0.05) is 12.1 Å². The van der Waals surface area contributed by atoms with E-state index in [-0.39, 0.29) is 88.9 Å². The number of likely N-dealkylation sites (N-methyl/N-ethyl adjacent to an activating group) is 1. The number of amides is 6. The number of aldehydes is 1. The first-order chi connectivity index (χ1) is 35.1. The van der Waals surface area contributed by atoms with Crippen molar-refractivity contribution in [2.24, 2.45) is 7.05 Å². The third kappa shape index (κ3) is 15.5. The topological polar surface area (TPSA) is 280 Å². The van der Waals surface area contributed by atoms with E-state index in [0.29, 0.717) is 90.5 Å². The predicted octanol–water partition coefficient (Wildman–Crippen LogP) is 2.63. The van der Waals surface area contributed by atoms with Gasteiger partial charge in [0.2, 0.25) is 11.8 Å². The van der Waals surface area contributed by atoms with Crippen LogP contribution >= 0.6 is 0 Å². The van der Waals surface area contributed by atoms with Gasteiger partial charge in [-0.05, 0) is 55.0 Å². The fourth-order valence-corrected chi connectivity index (χ4v) is 7.45. The van der Waals surface area contributed by atoms with Gasteiger partial charge in [0, 0.05) is 92.5 Å². The molecule has 3 aromatic carbocycles. The van der Waals surface area contributed by atoms with E-state index in [1.807, 2.05) is 23.7 Å². The van der Waals surface area contributed by atoms with E-state index in [1.54, 1.807) is 60.8 Å². The summed E-state index contributed by atoms with van der Waals surface area (Å²) in [7, 11) is 4.87. The Morgan fingerprint density at radius 2 is 1.62 bits per heavy atom.